The van der Waals surface area contributed by atoms with Gasteiger partial charge in [-0.25, -0.2) is 0 Å². The van der Waals surface area contributed by atoms with Crippen LogP contribution in [0.1, 0.15) is 26.7 Å². The topological polar surface area (TPSA) is 6.48 Å². The third kappa shape index (κ3) is 2.44. The third-order valence-corrected chi connectivity index (χ3v) is 3.26. The lowest BCUT2D eigenvalue weighted by Crippen LogP contribution is -2.27. The number of rotatable bonds is 0. The van der Waals surface area contributed by atoms with Crippen LogP contribution in [0.15, 0.2) is 0 Å². The van der Waals surface area contributed by atoms with Crippen molar-refractivity contribution >= 4 is 0 Å². The fourth-order valence-electron chi connectivity index (χ4n) is 2.65. The van der Waals surface area contributed by atoms with Crippen LogP contribution in [0.3, 0.4) is 0 Å². The summed E-state index contributed by atoms with van der Waals surface area (Å²) in [7, 11) is 4.49. The molecule has 2 rings (SSSR count). The molecule has 2 aliphatic rings. The van der Waals surface area contributed by atoms with Gasteiger partial charge >= 0.3 is 0 Å². The van der Waals surface area contributed by atoms with E-state index in [4.69, 9.17) is 0 Å². The number of nitrogens with zero attached hydrogens (tertiary/aromatic N) is 2. The molecule has 0 aromatic rings. The maximum atomic E-state index is 2.47. The Bertz CT molecular complexity index is 138. The van der Waals surface area contributed by atoms with Gasteiger partial charge in [-0.3, -0.25) is 0 Å². The van der Waals surface area contributed by atoms with Crippen molar-refractivity contribution < 1.29 is 0 Å². The molecular formula is C11H24N2. The maximum Gasteiger partial charge on any atom is 0.00481 e. The lowest BCUT2D eigenvalue weighted by atomic mass is 9.86. The van der Waals surface area contributed by atoms with Gasteiger partial charge in [0.2, 0.25) is 0 Å². The average molecular weight is 184 g/mol. The van der Waals surface area contributed by atoms with E-state index in [1.807, 2.05) is 13.8 Å². The van der Waals surface area contributed by atoms with Crippen molar-refractivity contribution in [3.63, 3.8) is 0 Å². The normalized spacial score (nSPS) is 27.7. The van der Waals surface area contributed by atoms with E-state index in [1.54, 1.807) is 0 Å². The molecule has 1 spiro atoms. The highest BCUT2D eigenvalue weighted by atomic mass is 15.2. The smallest absolute Gasteiger partial charge is 0.00481 e. The first-order valence-corrected chi connectivity index (χ1v) is 5.57. The third-order valence-electron chi connectivity index (χ3n) is 3.26. The standard InChI is InChI=1S/C9H18N2.C2H6/c1-10-5-3-9(7-10)4-6-11(2)8-9;1-2/h3-8H2,1-2H3;1-2H3. The van der Waals surface area contributed by atoms with Crippen molar-refractivity contribution in [3.8, 4) is 0 Å². The van der Waals surface area contributed by atoms with Crippen LogP contribution in [0.25, 0.3) is 0 Å². The van der Waals surface area contributed by atoms with Crippen molar-refractivity contribution in [2.45, 2.75) is 26.7 Å². The van der Waals surface area contributed by atoms with Gasteiger partial charge in [-0.2, -0.15) is 0 Å². The molecule has 2 heteroatoms. The second-order valence-corrected chi connectivity index (χ2v) is 4.48. The molecule has 0 bridgehead atoms. The molecule has 0 radical (unpaired) electrons. The largest absolute Gasteiger partial charge is 0.306 e. The summed E-state index contributed by atoms with van der Waals surface area (Å²) in [6, 6.07) is 0. The molecular weight excluding hydrogens is 160 g/mol. The Kier molecular flexibility index (Phi) is 3.74. The van der Waals surface area contributed by atoms with Gasteiger partial charge < -0.3 is 9.80 Å². The van der Waals surface area contributed by atoms with Crippen LogP contribution in [0, 0.1) is 5.41 Å². The Balaban J connectivity index is 0.000000396. The van der Waals surface area contributed by atoms with Crippen LogP contribution in [-0.4, -0.2) is 50.1 Å². The zero-order valence-corrected chi connectivity index (χ0v) is 9.64. The van der Waals surface area contributed by atoms with Crippen molar-refractivity contribution in [1.82, 2.24) is 9.80 Å². The van der Waals surface area contributed by atoms with Gasteiger partial charge in [-0.15, -0.1) is 0 Å². The second-order valence-electron chi connectivity index (χ2n) is 4.48. The minimum absolute atomic E-state index is 0.684. The van der Waals surface area contributed by atoms with Crippen molar-refractivity contribution in [1.29, 1.82) is 0 Å². The first-order chi connectivity index (χ1) is 6.20. The monoisotopic (exact) mass is 184 g/mol. The van der Waals surface area contributed by atoms with Gasteiger partial charge in [-0.05, 0) is 45.4 Å². The SMILES string of the molecule is CC.CN1CCC2(CCN(C)C2)C1. The van der Waals surface area contributed by atoms with Crippen LogP contribution >= 0.6 is 0 Å². The maximum absolute atomic E-state index is 2.47. The fraction of sp³-hybridized carbons (Fsp3) is 1.00. The Morgan fingerprint density at radius 3 is 1.46 bits per heavy atom. The summed E-state index contributed by atoms with van der Waals surface area (Å²) in [5, 5.41) is 0. The van der Waals surface area contributed by atoms with Crippen LogP contribution in [0.4, 0.5) is 0 Å². The van der Waals surface area contributed by atoms with E-state index in [0.29, 0.717) is 5.41 Å². The van der Waals surface area contributed by atoms with Crippen LogP contribution in [0.5, 0.6) is 0 Å². The summed E-state index contributed by atoms with van der Waals surface area (Å²) < 4.78 is 0. The molecule has 0 aliphatic carbocycles. The molecule has 0 aromatic heterocycles. The van der Waals surface area contributed by atoms with E-state index >= 15 is 0 Å². The first-order valence-electron chi connectivity index (χ1n) is 5.57. The van der Waals surface area contributed by atoms with Gasteiger partial charge in [0, 0.05) is 13.1 Å². The summed E-state index contributed by atoms with van der Waals surface area (Å²) in [5.74, 6) is 0. The van der Waals surface area contributed by atoms with Gasteiger partial charge in [0.25, 0.3) is 0 Å². The Hall–Kier alpha value is -0.0800. The molecule has 0 amide bonds. The van der Waals surface area contributed by atoms with E-state index in [1.165, 1.54) is 39.0 Å². The van der Waals surface area contributed by atoms with Gasteiger partial charge in [0.05, 0.1) is 0 Å². The van der Waals surface area contributed by atoms with E-state index in [0.717, 1.165) is 0 Å². The first kappa shape index (κ1) is 11.0. The summed E-state index contributed by atoms with van der Waals surface area (Å²) in [4.78, 5) is 4.94. The van der Waals surface area contributed by atoms with Crippen molar-refractivity contribution in [3.05, 3.63) is 0 Å². The highest BCUT2D eigenvalue weighted by Crippen LogP contribution is 2.37. The number of hydrogen-bond donors (Lipinski definition) is 0. The highest BCUT2D eigenvalue weighted by molar-refractivity contribution is 4.95. The van der Waals surface area contributed by atoms with Crippen molar-refractivity contribution in [2.24, 2.45) is 5.41 Å². The minimum atomic E-state index is 0.684. The van der Waals surface area contributed by atoms with E-state index < -0.39 is 0 Å². The average Bonchev–Trinajstić information content (AvgIpc) is 2.65. The molecule has 0 N–H and O–H groups in total. The Labute approximate surface area is 82.9 Å². The molecule has 0 saturated carbocycles. The summed E-state index contributed by atoms with van der Waals surface area (Å²) in [6.45, 7) is 9.29. The summed E-state index contributed by atoms with van der Waals surface area (Å²) >= 11 is 0. The zero-order chi connectivity index (χ0) is 9.90. The van der Waals surface area contributed by atoms with E-state index in [9.17, 15) is 0 Å². The molecule has 2 heterocycles. The minimum Gasteiger partial charge on any atom is -0.306 e. The lowest BCUT2D eigenvalue weighted by molar-refractivity contribution is 0.277. The quantitative estimate of drug-likeness (QED) is 0.565. The predicted octanol–water partition coefficient (Wildman–Crippen LogP) is 1.67. The van der Waals surface area contributed by atoms with Gasteiger partial charge in [0.15, 0.2) is 0 Å². The molecule has 2 nitrogen and oxygen atoms in total. The molecule has 0 aromatic carbocycles. The number of hydrogen-bond acceptors (Lipinski definition) is 2. The predicted molar refractivity (Wildman–Crippen MR) is 58.0 cm³/mol. The van der Waals surface area contributed by atoms with E-state index in [-0.39, 0.29) is 0 Å². The molecule has 78 valence electrons. The fourth-order valence-corrected chi connectivity index (χ4v) is 2.65. The Morgan fingerprint density at radius 1 is 0.846 bits per heavy atom. The highest BCUT2D eigenvalue weighted by Gasteiger charge is 2.40. The van der Waals surface area contributed by atoms with Crippen LogP contribution in [0.2, 0.25) is 0 Å². The van der Waals surface area contributed by atoms with Crippen molar-refractivity contribution in [2.75, 3.05) is 40.3 Å². The molecule has 2 aliphatic heterocycles. The second kappa shape index (κ2) is 4.43. The lowest BCUT2D eigenvalue weighted by Gasteiger charge is -2.22. The van der Waals surface area contributed by atoms with Gasteiger partial charge in [0.1, 0.15) is 0 Å². The zero-order valence-electron chi connectivity index (χ0n) is 9.64. The molecule has 0 unspecified atom stereocenters. The number of likely N-dealkylation sites (tertiary alicyclic amines) is 2. The molecule has 2 saturated heterocycles. The Morgan fingerprint density at radius 2 is 1.23 bits per heavy atom. The molecule has 2 fully saturated rings. The molecule has 0 atom stereocenters. The molecule has 13 heavy (non-hydrogen) atoms. The van der Waals surface area contributed by atoms with Crippen LogP contribution in [-0.2, 0) is 0 Å². The summed E-state index contributed by atoms with van der Waals surface area (Å²) in [6.07, 6.45) is 2.85. The van der Waals surface area contributed by atoms with Crippen LogP contribution < -0.4 is 0 Å². The van der Waals surface area contributed by atoms with Gasteiger partial charge in [-0.1, -0.05) is 13.8 Å². The summed E-state index contributed by atoms with van der Waals surface area (Å²) in [5.41, 5.74) is 0.684. The van der Waals surface area contributed by atoms with E-state index in [2.05, 4.69) is 23.9 Å².